The van der Waals surface area contributed by atoms with Gasteiger partial charge in [-0.3, -0.25) is 9.10 Å². The molecule has 174 valence electrons. The fraction of sp³-hybridized carbons (Fsp3) is 0.208. The molecule has 0 aromatic heterocycles. The molecular formula is C24H25ClN2O5S. The zero-order valence-electron chi connectivity index (χ0n) is 18.5. The molecule has 0 unspecified atom stereocenters. The van der Waals surface area contributed by atoms with Gasteiger partial charge in [0.15, 0.2) is 0 Å². The summed E-state index contributed by atoms with van der Waals surface area (Å²) in [6.45, 7) is 1.37. The van der Waals surface area contributed by atoms with E-state index in [-0.39, 0.29) is 10.6 Å². The van der Waals surface area contributed by atoms with Crippen LogP contribution < -0.4 is 19.1 Å². The summed E-state index contributed by atoms with van der Waals surface area (Å²) in [7, 11) is -1.02. The van der Waals surface area contributed by atoms with Crippen LogP contribution in [0.2, 0.25) is 5.02 Å². The third kappa shape index (κ3) is 5.77. The number of hydrogen-bond donors (Lipinski definition) is 1. The number of ether oxygens (including phenoxy) is 2. The Labute approximate surface area is 198 Å². The summed E-state index contributed by atoms with van der Waals surface area (Å²) < 4.78 is 38.5. The number of para-hydroxylation sites is 1. The lowest BCUT2D eigenvalue weighted by atomic mass is 10.1. The van der Waals surface area contributed by atoms with Crippen LogP contribution in [0.5, 0.6) is 11.5 Å². The van der Waals surface area contributed by atoms with Gasteiger partial charge in [-0.25, -0.2) is 8.42 Å². The van der Waals surface area contributed by atoms with Crippen LogP contribution in [0.25, 0.3) is 0 Å². The van der Waals surface area contributed by atoms with Gasteiger partial charge in [-0.2, -0.15) is 0 Å². The van der Waals surface area contributed by atoms with E-state index in [0.717, 1.165) is 9.87 Å². The van der Waals surface area contributed by atoms with Crippen molar-refractivity contribution < 1.29 is 22.7 Å². The highest BCUT2D eigenvalue weighted by Gasteiger charge is 2.28. The van der Waals surface area contributed by atoms with E-state index < -0.39 is 28.5 Å². The molecule has 0 fully saturated rings. The van der Waals surface area contributed by atoms with Crippen molar-refractivity contribution in [3.05, 3.63) is 83.4 Å². The van der Waals surface area contributed by atoms with Gasteiger partial charge in [0.1, 0.15) is 18.0 Å². The Morgan fingerprint density at radius 3 is 2.33 bits per heavy atom. The van der Waals surface area contributed by atoms with Gasteiger partial charge < -0.3 is 14.8 Å². The molecule has 0 heterocycles. The van der Waals surface area contributed by atoms with E-state index in [1.54, 1.807) is 50.4 Å². The molecule has 0 radical (unpaired) electrons. The summed E-state index contributed by atoms with van der Waals surface area (Å²) in [4.78, 5) is 13.0. The maximum atomic E-state index is 13.5. The summed E-state index contributed by atoms with van der Waals surface area (Å²) in [6, 6.07) is 19.2. The number of nitrogens with one attached hydrogen (secondary N) is 1. The molecule has 0 aliphatic carbocycles. The number of benzene rings is 3. The first-order valence-electron chi connectivity index (χ1n) is 10.1. The van der Waals surface area contributed by atoms with Gasteiger partial charge in [-0.05, 0) is 55.5 Å². The van der Waals surface area contributed by atoms with Crippen LogP contribution in [0.1, 0.15) is 18.5 Å². The summed E-state index contributed by atoms with van der Waals surface area (Å²) in [5.41, 5.74) is 1.05. The van der Waals surface area contributed by atoms with Crippen molar-refractivity contribution in [2.75, 3.05) is 25.1 Å². The molecule has 0 spiro atoms. The number of halogens is 1. The first-order valence-corrected chi connectivity index (χ1v) is 11.9. The number of anilines is 1. The maximum Gasteiger partial charge on any atom is 0.264 e. The Morgan fingerprint density at radius 2 is 1.70 bits per heavy atom. The Morgan fingerprint density at radius 1 is 1.00 bits per heavy atom. The topological polar surface area (TPSA) is 84.9 Å². The van der Waals surface area contributed by atoms with Crippen LogP contribution in [0.15, 0.2) is 77.7 Å². The zero-order chi connectivity index (χ0) is 24.0. The second-order valence-electron chi connectivity index (χ2n) is 7.20. The number of amides is 1. The van der Waals surface area contributed by atoms with E-state index in [1.165, 1.54) is 25.3 Å². The lowest BCUT2D eigenvalue weighted by molar-refractivity contribution is -0.120. The van der Waals surface area contributed by atoms with Crippen molar-refractivity contribution in [3.8, 4) is 11.5 Å². The molecule has 1 amide bonds. The van der Waals surface area contributed by atoms with Crippen molar-refractivity contribution in [3.63, 3.8) is 0 Å². The minimum Gasteiger partial charge on any atom is -0.497 e. The second-order valence-corrected chi connectivity index (χ2v) is 9.50. The minimum atomic E-state index is -4.07. The van der Waals surface area contributed by atoms with Crippen molar-refractivity contribution in [2.24, 2.45) is 0 Å². The summed E-state index contributed by atoms with van der Waals surface area (Å²) in [6.07, 6.45) is 0. The Balaban J connectivity index is 1.90. The number of hydrogen-bond acceptors (Lipinski definition) is 5. The van der Waals surface area contributed by atoms with Crippen molar-refractivity contribution in [1.29, 1.82) is 0 Å². The van der Waals surface area contributed by atoms with Gasteiger partial charge in [0, 0.05) is 10.6 Å². The molecule has 7 nitrogen and oxygen atoms in total. The Kier molecular flexibility index (Phi) is 7.84. The summed E-state index contributed by atoms with van der Waals surface area (Å²) in [5.74, 6) is 0.667. The molecule has 1 N–H and O–H groups in total. The zero-order valence-corrected chi connectivity index (χ0v) is 20.1. The van der Waals surface area contributed by atoms with Crippen LogP contribution in [0.3, 0.4) is 0 Å². The molecule has 0 aliphatic heterocycles. The fourth-order valence-electron chi connectivity index (χ4n) is 3.34. The minimum absolute atomic E-state index is 0.0221. The summed E-state index contributed by atoms with van der Waals surface area (Å²) >= 11 is 6.11. The van der Waals surface area contributed by atoms with Crippen molar-refractivity contribution in [2.45, 2.75) is 17.9 Å². The molecule has 0 bridgehead atoms. The fourth-order valence-corrected chi connectivity index (χ4v) is 4.94. The van der Waals surface area contributed by atoms with E-state index in [4.69, 9.17) is 21.1 Å². The van der Waals surface area contributed by atoms with Crippen molar-refractivity contribution in [1.82, 2.24) is 5.32 Å². The average molecular weight is 489 g/mol. The van der Waals surface area contributed by atoms with E-state index in [2.05, 4.69) is 5.32 Å². The molecule has 1 atom stereocenters. The third-order valence-electron chi connectivity index (χ3n) is 5.01. The van der Waals surface area contributed by atoms with Crippen LogP contribution in [0, 0.1) is 0 Å². The molecule has 3 rings (SSSR count). The van der Waals surface area contributed by atoms with E-state index in [1.807, 2.05) is 18.2 Å². The molecule has 3 aromatic rings. The van der Waals surface area contributed by atoms with E-state index in [0.29, 0.717) is 16.5 Å². The van der Waals surface area contributed by atoms with Gasteiger partial charge in [-0.15, -0.1) is 0 Å². The maximum absolute atomic E-state index is 13.5. The molecule has 0 saturated carbocycles. The molecule has 0 saturated heterocycles. The van der Waals surface area contributed by atoms with Gasteiger partial charge in [0.2, 0.25) is 5.91 Å². The monoisotopic (exact) mass is 488 g/mol. The van der Waals surface area contributed by atoms with Crippen molar-refractivity contribution >= 4 is 33.2 Å². The van der Waals surface area contributed by atoms with Crippen LogP contribution >= 0.6 is 11.6 Å². The lowest BCUT2D eigenvalue weighted by Crippen LogP contribution is -2.41. The van der Waals surface area contributed by atoms with Gasteiger partial charge >= 0.3 is 0 Å². The highest BCUT2D eigenvalue weighted by Crippen LogP contribution is 2.28. The first kappa shape index (κ1) is 24.4. The molecule has 0 aliphatic rings. The quantitative estimate of drug-likeness (QED) is 0.481. The standard InChI is InChI=1S/C24H25ClN2O5S/c1-17(22-9-4-5-10-23(22)32-3)26-24(28)16-27(19-8-6-7-18(25)15-19)33(29,30)21-13-11-20(31-2)12-14-21/h4-15,17H,16H2,1-3H3,(H,26,28)/t17-/m0/s1. The van der Waals surface area contributed by atoms with Crippen LogP contribution in [0.4, 0.5) is 5.69 Å². The Hall–Kier alpha value is -3.23. The lowest BCUT2D eigenvalue weighted by Gasteiger charge is -2.25. The third-order valence-corrected chi connectivity index (χ3v) is 7.04. The van der Waals surface area contributed by atoms with E-state index in [9.17, 15) is 13.2 Å². The normalized spacial score (nSPS) is 12.0. The summed E-state index contributed by atoms with van der Waals surface area (Å²) in [5, 5.41) is 3.20. The van der Waals surface area contributed by atoms with Crippen LogP contribution in [-0.4, -0.2) is 35.1 Å². The molecule has 33 heavy (non-hydrogen) atoms. The SMILES string of the molecule is COc1ccc(S(=O)(=O)N(CC(=O)N[C@@H](C)c2ccccc2OC)c2cccc(Cl)c2)cc1. The number of rotatable bonds is 9. The largest absolute Gasteiger partial charge is 0.497 e. The molecule has 9 heteroatoms. The smallest absolute Gasteiger partial charge is 0.264 e. The predicted molar refractivity (Wildman–Crippen MR) is 129 cm³/mol. The number of nitrogens with zero attached hydrogens (tertiary/aromatic N) is 1. The van der Waals surface area contributed by atoms with Gasteiger partial charge in [-0.1, -0.05) is 35.9 Å². The van der Waals surface area contributed by atoms with Crippen LogP contribution in [-0.2, 0) is 14.8 Å². The average Bonchev–Trinajstić information content (AvgIpc) is 2.82. The first-order chi connectivity index (χ1) is 15.8. The number of sulfonamides is 1. The van der Waals surface area contributed by atoms with Gasteiger partial charge in [0.25, 0.3) is 10.0 Å². The number of methoxy groups -OCH3 is 2. The molecule has 3 aromatic carbocycles. The predicted octanol–water partition coefficient (Wildman–Crippen LogP) is 4.43. The molecular weight excluding hydrogens is 464 g/mol. The van der Waals surface area contributed by atoms with Gasteiger partial charge in [0.05, 0.1) is 30.8 Å². The second kappa shape index (κ2) is 10.6. The number of carbonyl (C=O) groups excluding carboxylic acids is 1. The highest BCUT2D eigenvalue weighted by molar-refractivity contribution is 7.92. The number of carbonyl (C=O) groups is 1. The van der Waals surface area contributed by atoms with E-state index >= 15 is 0 Å². The Bertz CT molecular complexity index is 1220. The highest BCUT2D eigenvalue weighted by atomic mass is 35.5.